The maximum atomic E-state index is 11.7. The predicted octanol–water partition coefficient (Wildman–Crippen LogP) is 4.41. The summed E-state index contributed by atoms with van der Waals surface area (Å²) >= 11 is 0. The number of Topliss-reactive ketones (excluding diaryl/α,β-unsaturated/α-hetero) is 1. The second-order valence-corrected chi connectivity index (χ2v) is 5.63. The third-order valence-corrected chi connectivity index (χ3v) is 3.97. The molecule has 2 aromatic rings. The second kappa shape index (κ2) is 7.14. The van der Waals surface area contributed by atoms with Gasteiger partial charge in [-0.25, -0.2) is 0 Å². The maximum absolute atomic E-state index is 11.7. The molecule has 0 saturated heterocycles. The molecule has 3 rings (SSSR count). The van der Waals surface area contributed by atoms with Crippen LogP contribution in [0.5, 0.6) is 11.5 Å². The van der Waals surface area contributed by atoms with Gasteiger partial charge in [0.2, 0.25) is 0 Å². The minimum atomic E-state index is 0.258. The van der Waals surface area contributed by atoms with E-state index in [1.165, 1.54) is 0 Å². The molecule has 3 nitrogen and oxygen atoms in total. The summed E-state index contributed by atoms with van der Waals surface area (Å²) in [6.45, 7) is 0.496. The van der Waals surface area contributed by atoms with Crippen LogP contribution >= 0.6 is 0 Å². The Bertz CT molecular complexity index is 717. The molecule has 1 fully saturated rings. The number of carbonyl (C=O) groups excluding carboxylic acids is 1. The van der Waals surface area contributed by atoms with E-state index in [2.05, 4.69) is 0 Å². The molecule has 0 aliphatic heterocycles. The van der Waals surface area contributed by atoms with Gasteiger partial charge in [0.25, 0.3) is 0 Å². The fourth-order valence-corrected chi connectivity index (χ4v) is 2.72. The van der Waals surface area contributed by atoms with E-state index in [0.717, 1.165) is 29.5 Å². The van der Waals surface area contributed by atoms with Gasteiger partial charge in [-0.1, -0.05) is 36.4 Å². The Hall–Kier alpha value is -2.55. The van der Waals surface area contributed by atoms with Gasteiger partial charge < -0.3 is 9.47 Å². The Kier molecular flexibility index (Phi) is 4.77. The van der Waals surface area contributed by atoms with Crippen LogP contribution in [0, 0.1) is 0 Å². The van der Waals surface area contributed by atoms with E-state index in [1.807, 2.05) is 54.6 Å². The van der Waals surface area contributed by atoms with Crippen LogP contribution in [-0.2, 0) is 11.4 Å². The van der Waals surface area contributed by atoms with Crippen molar-refractivity contribution in [3.05, 3.63) is 65.2 Å². The van der Waals surface area contributed by atoms with Crippen molar-refractivity contribution in [1.29, 1.82) is 0 Å². The molecule has 118 valence electrons. The predicted molar refractivity (Wildman–Crippen MR) is 90.6 cm³/mol. The molecule has 1 aliphatic carbocycles. The molecule has 2 aromatic carbocycles. The summed E-state index contributed by atoms with van der Waals surface area (Å²) in [5.41, 5.74) is 2.99. The molecule has 1 aliphatic rings. The van der Waals surface area contributed by atoms with E-state index in [-0.39, 0.29) is 5.78 Å². The van der Waals surface area contributed by atoms with Crippen molar-refractivity contribution in [3.63, 3.8) is 0 Å². The fourth-order valence-electron chi connectivity index (χ4n) is 2.72. The Labute approximate surface area is 136 Å². The van der Waals surface area contributed by atoms with Crippen molar-refractivity contribution in [2.75, 3.05) is 7.11 Å². The van der Waals surface area contributed by atoms with Gasteiger partial charge in [-0.05, 0) is 47.8 Å². The van der Waals surface area contributed by atoms with E-state index in [1.54, 1.807) is 7.11 Å². The minimum Gasteiger partial charge on any atom is -0.493 e. The summed E-state index contributed by atoms with van der Waals surface area (Å²) < 4.78 is 11.3. The van der Waals surface area contributed by atoms with Crippen LogP contribution in [0.25, 0.3) is 6.08 Å². The average Bonchev–Trinajstić information content (AvgIpc) is 2.99. The number of methoxy groups -OCH3 is 1. The summed E-state index contributed by atoms with van der Waals surface area (Å²) in [6, 6.07) is 15.8. The zero-order chi connectivity index (χ0) is 16.1. The second-order valence-electron chi connectivity index (χ2n) is 5.63. The lowest BCUT2D eigenvalue weighted by Gasteiger charge is -2.11. The average molecular weight is 308 g/mol. The summed E-state index contributed by atoms with van der Waals surface area (Å²) in [4.78, 5) is 11.7. The number of carbonyl (C=O) groups is 1. The number of ether oxygens (including phenoxy) is 2. The third kappa shape index (κ3) is 3.81. The number of rotatable bonds is 5. The van der Waals surface area contributed by atoms with Gasteiger partial charge in [0.05, 0.1) is 7.11 Å². The van der Waals surface area contributed by atoms with Crippen molar-refractivity contribution in [1.82, 2.24) is 0 Å². The monoisotopic (exact) mass is 308 g/mol. The highest BCUT2D eigenvalue weighted by Gasteiger charge is 2.16. The summed E-state index contributed by atoms with van der Waals surface area (Å²) in [5, 5.41) is 0. The number of ketones is 1. The number of hydrogen-bond donors (Lipinski definition) is 0. The number of allylic oxidation sites excluding steroid dienone is 1. The van der Waals surface area contributed by atoms with Crippen molar-refractivity contribution in [2.45, 2.75) is 25.9 Å². The SMILES string of the molecule is COc1cc(C=C2CCCC2=O)ccc1OCc1ccccc1. The quantitative estimate of drug-likeness (QED) is 0.767. The first-order valence-electron chi connectivity index (χ1n) is 7.85. The molecule has 1 saturated carbocycles. The maximum Gasteiger partial charge on any atom is 0.161 e. The Morgan fingerprint density at radius 3 is 2.57 bits per heavy atom. The van der Waals surface area contributed by atoms with E-state index >= 15 is 0 Å². The van der Waals surface area contributed by atoms with E-state index in [4.69, 9.17) is 9.47 Å². The Morgan fingerprint density at radius 1 is 1.04 bits per heavy atom. The molecule has 0 spiro atoms. The minimum absolute atomic E-state index is 0.258. The van der Waals surface area contributed by atoms with Gasteiger partial charge >= 0.3 is 0 Å². The highest BCUT2D eigenvalue weighted by molar-refractivity contribution is 6.01. The van der Waals surface area contributed by atoms with Crippen molar-refractivity contribution < 1.29 is 14.3 Å². The molecular weight excluding hydrogens is 288 g/mol. The molecule has 0 bridgehead atoms. The van der Waals surface area contributed by atoms with Crippen LogP contribution in [0.2, 0.25) is 0 Å². The van der Waals surface area contributed by atoms with Crippen molar-refractivity contribution >= 4 is 11.9 Å². The van der Waals surface area contributed by atoms with Crippen LogP contribution in [0.3, 0.4) is 0 Å². The van der Waals surface area contributed by atoms with Gasteiger partial charge in [0.1, 0.15) is 6.61 Å². The zero-order valence-electron chi connectivity index (χ0n) is 13.2. The molecule has 0 amide bonds. The van der Waals surface area contributed by atoms with Crippen LogP contribution in [0.4, 0.5) is 0 Å². The Morgan fingerprint density at radius 2 is 1.87 bits per heavy atom. The van der Waals surface area contributed by atoms with Gasteiger partial charge in [0.15, 0.2) is 17.3 Å². The van der Waals surface area contributed by atoms with E-state index < -0.39 is 0 Å². The van der Waals surface area contributed by atoms with Crippen LogP contribution in [0.1, 0.15) is 30.4 Å². The lowest BCUT2D eigenvalue weighted by atomic mass is 10.1. The molecular formula is C20H20O3. The van der Waals surface area contributed by atoms with Crippen molar-refractivity contribution in [2.24, 2.45) is 0 Å². The molecule has 0 atom stereocenters. The summed E-state index contributed by atoms with van der Waals surface area (Å²) in [5.74, 6) is 1.64. The number of hydrogen-bond acceptors (Lipinski definition) is 3. The smallest absolute Gasteiger partial charge is 0.161 e. The first-order valence-corrected chi connectivity index (χ1v) is 7.85. The molecule has 3 heteroatoms. The van der Waals surface area contributed by atoms with Gasteiger partial charge in [-0.3, -0.25) is 4.79 Å². The largest absolute Gasteiger partial charge is 0.493 e. The third-order valence-electron chi connectivity index (χ3n) is 3.97. The van der Waals surface area contributed by atoms with Crippen molar-refractivity contribution in [3.8, 4) is 11.5 Å². The molecule has 0 N–H and O–H groups in total. The van der Waals surface area contributed by atoms with Crippen LogP contribution < -0.4 is 9.47 Å². The summed E-state index contributed by atoms with van der Waals surface area (Å²) in [7, 11) is 1.63. The topological polar surface area (TPSA) is 35.5 Å². The number of benzene rings is 2. The molecule has 0 aromatic heterocycles. The van der Waals surface area contributed by atoms with Gasteiger partial charge in [-0.2, -0.15) is 0 Å². The van der Waals surface area contributed by atoms with E-state index in [9.17, 15) is 4.79 Å². The van der Waals surface area contributed by atoms with Crippen LogP contribution in [-0.4, -0.2) is 12.9 Å². The normalized spacial score (nSPS) is 15.9. The first-order chi connectivity index (χ1) is 11.3. The molecule has 0 unspecified atom stereocenters. The standard InChI is InChI=1S/C20H20O3/c1-22-20-13-16(12-17-8-5-9-18(17)21)10-11-19(20)23-14-15-6-3-2-4-7-15/h2-4,6-7,10-13H,5,8-9,14H2,1H3. The van der Waals surface area contributed by atoms with Gasteiger partial charge in [-0.15, -0.1) is 0 Å². The highest BCUT2D eigenvalue weighted by atomic mass is 16.5. The Balaban J connectivity index is 1.76. The zero-order valence-corrected chi connectivity index (χ0v) is 13.2. The molecule has 23 heavy (non-hydrogen) atoms. The van der Waals surface area contributed by atoms with E-state index in [0.29, 0.717) is 24.5 Å². The fraction of sp³-hybridized carbons (Fsp3) is 0.250. The lowest BCUT2D eigenvalue weighted by molar-refractivity contribution is -0.114. The first kappa shape index (κ1) is 15.3. The highest BCUT2D eigenvalue weighted by Crippen LogP contribution is 2.31. The molecule has 0 radical (unpaired) electrons. The van der Waals surface area contributed by atoms with Crippen LogP contribution in [0.15, 0.2) is 54.1 Å². The van der Waals surface area contributed by atoms with Gasteiger partial charge in [0, 0.05) is 6.42 Å². The summed E-state index contributed by atoms with van der Waals surface area (Å²) in [6.07, 6.45) is 4.45. The molecule has 0 heterocycles. The lowest BCUT2D eigenvalue weighted by Crippen LogP contribution is -1.98.